The molecule has 5 heteroatoms. The van der Waals surface area contributed by atoms with Crippen LogP contribution in [0.2, 0.25) is 0 Å². The summed E-state index contributed by atoms with van der Waals surface area (Å²) in [4.78, 5) is 4.38. The molecule has 2 nitrogen and oxygen atoms in total. The standard InChI is InChI=1S/C9H11F2NOS/c1-14-9-7(10)4-6(2-3-13-12)5-8(9)11/h4-5H,2-3,12H2,1H3. The first-order valence-electron chi connectivity index (χ1n) is 4.02. The molecule has 0 unspecified atom stereocenters. The van der Waals surface area contributed by atoms with Crippen molar-refractivity contribution in [3.8, 4) is 0 Å². The molecule has 0 saturated heterocycles. The van der Waals surface area contributed by atoms with Gasteiger partial charge in [0.1, 0.15) is 11.6 Å². The Morgan fingerprint density at radius 2 is 1.93 bits per heavy atom. The van der Waals surface area contributed by atoms with Crippen LogP contribution in [0.4, 0.5) is 8.78 Å². The van der Waals surface area contributed by atoms with E-state index >= 15 is 0 Å². The van der Waals surface area contributed by atoms with E-state index in [2.05, 4.69) is 4.84 Å². The minimum Gasteiger partial charge on any atom is -0.304 e. The van der Waals surface area contributed by atoms with Gasteiger partial charge in [-0.05, 0) is 30.4 Å². The van der Waals surface area contributed by atoms with Crippen LogP contribution in [0.25, 0.3) is 0 Å². The maximum Gasteiger partial charge on any atom is 0.139 e. The van der Waals surface area contributed by atoms with Crippen LogP contribution in [0, 0.1) is 11.6 Å². The molecule has 0 bridgehead atoms. The quantitative estimate of drug-likeness (QED) is 0.622. The van der Waals surface area contributed by atoms with E-state index in [0.717, 1.165) is 11.8 Å². The Bertz CT molecular complexity index is 297. The Balaban J connectivity index is 2.90. The summed E-state index contributed by atoms with van der Waals surface area (Å²) in [6.45, 7) is 0.248. The highest BCUT2D eigenvalue weighted by Gasteiger charge is 2.09. The molecule has 0 amide bonds. The fourth-order valence-corrected chi connectivity index (χ4v) is 1.64. The minimum atomic E-state index is -0.537. The number of rotatable bonds is 4. The van der Waals surface area contributed by atoms with E-state index in [4.69, 9.17) is 5.90 Å². The molecule has 78 valence electrons. The van der Waals surface area contributed by atoms with Crippen molar-refractivity contribution in [2.45, 2.75) is 11.3 Å². The van der Waals surface area contributed by atoms with Gasteiger partial charge >= 0.3 is 0 Å². The van der Waals surface area contributed by atoms with E-state index in [1.54, 1.807) is 6.26 Å². The summed E-state index contributed by atoms with van der Waals surface area (Å²) in [6, 6.07) is 2.60. The largest absolute Gasteiger partial charge is 0.304 e. The molecule has 0 saturated carbocycles. The van der Waals surface area contributed by atoms with Crippen LogP contribution < -0.4 is 5.90 Å². The maximum atomic E-state index is 13.2. The number of benzene rings is 1. The fourth-order valence-electron chi connectivity index (χ4n) is 1.13. The second-order valence-electron chi connectivity index (χ2n) is 2.71. The van der Waals surface area contributed by atoms with E-state index in [9.17, 15) is 8.78 Å². The molecule has 2 N–H and O–H groups in total. The first kappa shape index (κ1) is 11.4. The molecule has 1 aromatic rings. The smallest absolute Gasteiger partial charge is 0.139 e. The summed E-state index contributed by atoms with van der Waals surface area (Å²) >= 11 is 1.05. The van der Waals surface area contributed by atoms with Crippen molar-refractivity contribution in [3.63, 3.8) is 0 Å². The van der Waals surface area contributed by atoms with E-state index in [0.29, 0.717) is 12.0 Å². The second-order valence-corrected chi connectivity index (χ2v) is 3.53. The van der Waals surface area contributed by atoms with Crippen molar-refractivity contribution in [1.82, 2.24) is 0 Å². The van der Waals surface area contributed by atoms with Gasteiger partial charge < -0.3 is 4.84 Å². The van der Waals surface area contributed by atoms with Crippen molar-refractivity contribution < 1.29 is 13.6 Å². The van der Waals surface area contributed by atoms with E-state index in [1.165, 1.54) is 12.1 Å². The molecule has 1 rings (SSSR count). The van der Waals surface area contributed by atoms with E-state index < -0.39 is 11.6 Å². The predicted molar refractivity (Wildman–Crippen MR) is 52.0 cm³/mol. The third-order valence-corrected chi connectivity index (χ3v) is 2.57. The molecular formula is C9H11F2NOS. The lowest BCUT2D eigenvalue weighted by molar-refractivity contribution is 0.141. The summed E-state index contributed by atoms with van der Waals surface area (Å²) in [5, 5.41) is 0. The molecule has 0 radical (unpaired) electrons. The van der Waals surface area contributed by atoms with Gasteiger partial charge in [0.25, 0.3) is 0 Å². The van der Waals surface area contributed by atoms with Gasteiger partial charge in [-0.15, -0.1) is 11.8 Å². The number of hydrogen-bond donors (Lipinski definition) is 1. The molecule has 0 aliphatic carbocycles. The first-order valence-corrected chi connectivity index (χ1v) is 5.25. The van der Waals surface area contributed by atoms with Crippen molar-refractivity contribution >= 4 is 11.8 Å². The predicted octanol–water partition coefficient (Wildman–Crippen LogP) is 2.12. The number of thioether (sulfide) groups is 1. The van der Waals surface area contributed by atoms with Gasteiger partial charge in [0.15, 0.2) is 0 Å². The van der Waals surface area contributed by atoms with E-state index in [-0.39, 0.29) is 11.5 Å². The average molecular weight is 219 g/mol. The van der Waals surface area contributed by atoms with Crippen molar-refractivity contribution in [3.05, 3.63) is 29.3 Å². The van der Waals surface area contributed by atoms with Crippen LogP contribution in [-0.2, 0) is 11.3 Å². The van der Waals surface area contributed by atoms with Gasteiger partial charge in [0.2, 0.25) is 0 Å². The molecule has 0 spiro atoms. The maximum absolute atomic E-state index is 13.2. The summed E-state index contributed by atoms with van der Waals surface area (Å²) in [6.07, 6.45) is 2.03. The molecule has 0 heterocycles. The summed E-state index contributed by atoms with van der Waals surface area (Å²) < 4.78 is 26.4. The molecule has 0 aliphatic rings. The van der Waals surface area contributed by atoms with Gasteiger partial charge in [-0.1, -0.05) is 0 Å². The molecule has 0 fully saturated rings. The van der Waals surface area contributed by atoms with E-state index in [1.807, 2.05) is 0 Å². The Morgan fingerprint density at radius 1 is 1.36 bits per heavy atom. The Morgan fingerprint density at radius 3 is 2.36 bits per heavy atom. The van der Waals surface area contributed by atoms with Crippen LogP contribution in [0.1, 0.15) is 5.56 Å². The first-order chi connectivity index (χ1) is 6.69. The zero-order valence-corrected chi connectivity index (χ0v) is 8.54. The monoisotopic (exact) mass is 219 g/mol. The normalized spacial score (nSPS) is 10.6. The van der Waals surface area contributed by atoms with Crippen LogP contribution in [0.3, 0.4) is 0 Å². The molecule has 0 atom stereocenters. The molecule has 14 heavy (non-hydrogen) atoms. The number of nitrogens with two attached hydrogens (primary N) is 1. The fraction of sp³-hybridized carbons (Fsp3) is 0.333. The number of hydrogen-bond acceptors (Lipinski definition) is 3. The summed E-state index contributed by atoms with van der Waals surface area (Å²) in [7, 11) is 0. The SMILES string of the molecule is CSc1c(F)cc(CCON)cc1F. The van der Waals surface area contributed by atoms with Crippen LogP contribution in [-0.4, -0.2) is 12.9 Å². The summed E-state index contributed by atoms with van der Waals surface area (Å²) in [5.74, 6) is 3.74. The van der Waals surface area contributed by atoms with Gasteiger partial charge in [-0.3, -0.25) is 0 Å². The average Bonchev–Trinajstić information content (AvgIpc) is 2.14. The summed E-state index contributed by atoms with van der Waals surface area (Å²) in [5.41, 5.74) is 0.545. The molecule has 1 aromatic carbocycles. The van der Waals surface area contributed by atoms with Crippen LogP contribution >= 0.6 is 11.8 Å². The molecule has 0 aliphatic heterocycles. The van der Waals surface area contributed by atoms with Crippen molar-refractivity contribution in [2.75, 3.05) is 12.9 Å². The topological polar surface area (TPSA) is 35.2 Å². The van der Waals surface area contributed by atoms with Crippen LogP contribution in [0.15, 0.2) is 17.0 Å². The lowest BCUT2D eigenvalue weighted by Crippen LogP contribution is -2.04. The third kappa shape index (κ3) is 2.67. The highest BCUT2D eigenvalue weighted by Crippen LogP contribution is 2.24. The van der Waals surface area contributed by atoms with Crippen LogP contribution in [0.5, 0.6) is 0 Å². The number of halogens is 2. The Labute approximate surface area is 85.4 Å². The van der Waals surface area contributed by atoms with Gasteiger partial charge in [-0.25, -0.2) is 14.7 Å². The lowest BCUT2D eigenvalue weighted by Gasteiger charge is -2.05. The zero-order chi connectivity index (χ0) is 10.6. The highest BCUT2D eigenvalue weighted by atomic mass is 32.2. The molecule has 0 aromatic heterocycles. The minimum absolute atomic E-state index is 0.0439. The molecular weight excluding hydrogens is 208 g/mol. The zero-order valence-electron chi connectivity index (χ0n) is 7.72. The third-order valence-electron chi connectivity index (χ3n) is 1.77. The van der Waals surface area contributed by atoms with Gasteiger partial charge in [0.05, 0.1) is 11.5 Å². The van der Waals surface area contributed by atoms with Gasteiger partial charge in [-0.2, -0.15) is 0 Å². The Hall–Kier alpha value is -0.650. The van der Waals surface area contributed by atoms with Crippen molar-refractivity contribution in [2.24, 2.45) is 5.90 Å². The second kappa shape index (κ2) is 5.29. The van der Waals surface area contributed by atoms with Crippen molar-refractivity contribution in [1.29, 1.82) is 0 Å². The van der Waals surface area contributed by atoms with Gasteiger partial charge in [0, 0.05) is 0 Å². The highest BCUT2D eigenvalue weighted by molar-refractivity contribution is 7.98. The Kier molecular flexibility index (Phi) is 4.31. The lowest BCUT2D eigenvalue weighted by atomic mass is 10.1.